The molecule has 1 unspecified atom stereocenters. The second kappa shape index (κ2) is 10.2. The minimum atomic E-state index is -1.87. The highest BCUT2D eigenvalue weighted by Crippen LogP contribution is 2.28. The maximum atomic E-state index is 12.5. The van der Waals surface area contributed by atoms with E-state index >= 15 is 0 Å². The number of carbonyl (C=O) groups excluding carboxylic acids is 5. The van der Waals surface area contributed by atoms with Gasteiger partial charge in [0.25, 0.3) is 0 Å². The van der Waals surface area contributed by atoms with Crippen LogP contribution < -0.4 is 15.4 Å². The van der Waals surface area contributed by atoms with E-state index in [0.717, 1.165) is 5.56 Å². The molecule has 0 aromatic heterocycles. The summed E-state index contributed by atoms with van der Waals surface area (Å²) in [5, 5.41) is 4.93. The van der Waals surface area contributed by atoms with Crippen LogP contribution in [-0.2, 0) is 39.9 Å². The van der Waals surface area contributed by atoms with Crippen molar-refractivity contribution in [2.45, 2.75) is 20.3 Å². The third-order valence-electron chi connectivity index (χ3n) is 3.93. The quantitative estimate of drug-likeness (QED) is 0.194. The van der Waals surface area contributed by atoms with Crippen molar-refractivity contribution in [3.8, 4) is 5.75 Å². The lowest BCUT2D eigenvalue weighted by molar-refractivity contribution is -0.160. The minimum Gasteiger partial charge on any atom is -0.465 e. The molecule has 0 radical (unpaired) electrons. The number of nitrogens with one attached hydrogen (secondary N) is 2. The molecule has 0 fully saturated rings. The summed E-state index contributed by atoms with van der Waals surface area (Å²) in [6.45, 7) is 6.07. The summed E-state index contributed by atoms with van der Waals surface area (Å²) in [4.78, 5) is 59.8. The predicted molar refractivity (Wildman–Crippen MR) is 103 cm³/mol. The zero-order chi connectivity index (χ0) is 22.3. The number of anilines is 1. The van der Waals surface area contributed by atoms with Gasteiger partial charge in [0.2, 0.25) is 17.7 Å². The number of carbonyl (C=O) groups is 5. The van der Waals surface area contributed by atoms with Crippen molar-refractivity contribution < 1.29 is 38.2 Å². The maximum Gasteiger partial charge on any atom is 0.335 e. The predicted octanol–water partition coefficient (Wildman–Crippen LogP) is 0.501. The zero-order valence-electron chi connectivity index (χ0n) is 16.6. The smallest absolute Gasteiger partial charge is 0.335 e. The van der Waals surface area contributed by atoms with Gasteiger partial charge in [-0.15, -0.1) is 0 Å². The van der Waals surface area contributed by atoms with Gasteiger partial charge < -0.3 is 24.8 Å². The third-order valence-corrected chi connectivity index (χ3v) is 3.93. The summed E-state index contributed by atoms with van der Waals surface area (Å²) in [5.41, 5.74) is 1.42. The van der Waals surface area contributed by atoms with Gasteiger partial charge in [0, 0.05) is 17.3 Å². The second-order valence-corrected chi connectivity index (χ2v) is 6.36. The van der Waals surface area contributed by atoms with E-state index in [0.29, 0.717) is 5.69 Å². The molecule has 0 spiro atoms. The maximum absolute atomic E-state index is 12.5. The van der Waals surface area contributed by atoms with E-state index in [-0.39, 0.29) is 43.4 Å². The van der Waals surface area contributed by atoms with Gasteiger partial charge in [0.1, 0.15) is 12.4 Å². The van der Waals surface area contributed by atoms with Gasteiger partial charge in [0.05, 0.1) is 19.6 Å². The van der Waals surface area contributed by atoms with E-state index in [1.54, 1.807) is 6.07 Å². The van der Waals surface area contributed by atoms with Crippen LogP contribution in [0.3, 0.4) is 0 Å². The molecule has 0 aliphatic carbocycles. The molecule has 10 heteroatoms. The average Bonchev–Trinajstić information content (AvgIpc) is 3.04. The number of esters is 3. The Labute approximate surface area is 172 Å². The molecule has 0 saturated heterocycles. The van der Waals surface area contributed by atoms with E-state index in [1.807, 2.05) is 0 Å². The number of benzene rings is 1. The molecule has 10 nitrogen and oxygen atoms in total. The summed E-state index contributed by atoms with van der Waals surface area (Å²) in [6.07, 6.45) is 0.216. The topological polar surface area (TPSA) is 137 Å². The van der Waals surface area contributed by atoms with Crippen LogP contribution in [0.2, 0.25) is 0 Å². The van der Waals surface area contributed by atoms with Crippen LogP contribution >= 0.6 is 0 Å². The van der Waals surface area contributed by atoms with Crippen LogP contribution in [0.15, 0.2) is 30.4 Å². The van der Waals surface area contributed by atoms with Gasteiger partial charge in [-0.25, -0.2) is 4.79 Å². The van der Waals surface area contributed by atoms with Crippen molar-refractivity contribution in [2.24, 2.45) is 5.92 Å². The second-order valence-electron chi connectivity index (χ2n) is 6.36. The molecular weight excluding hydrogens is 396 g/mol. The fourth-order valence-electron chi connectivity index (χ4n) is 2.51. The summed E-state index contributed by atoms with van der Waals surface area (Å²) in [6, 6.07) is 4.48. The molecule has 0 saturated carbocycles. The van der Waals surface area contributed by atoms with Gasteiger partial charge in [-0.3, -0.25) is 19.2 Å². The van der Waals surface area contributed by atoms with Crippen LogP contribution in [0.5, 0.6) is 5.75 Å². The molecule has 1 heterocycles. The standard InChI is InChI=1S/C20H22N2O8/c1-4-28-19(26)16(17(24)21-7-8-29-18(25)11(2)3)20(27)30-13-6-5-12-9-15(23)22-14(12)10-13/h5-6,10,16H,2,4,7-9H2,1,3H3,(H,21,24)(H,22,23). The Morgan fingerprint density at radius 3 is 2.60 bits per heavy atom. The van der Waals surface area contributed by atoms with Crippen molar-refractivity contribution in [1.82, 2.24) is 5.32 Å². The van der Waals surface area contributed by atoms with Gasteiger partial charge >= 0.3 is 17.9 Å². The Kier molecular flexibility index (Phi) is 7.68. The van der Waals surface area contributed by atoms with Crippen molar-refractivity contribution in [3.63, 3.8) is 0 Å². The lowest BCUT2D eigenvalue weighted by Crippen LogP contribution is -2.44. The normalized spacial score (nSPS) is 12.8. The van der Waals surface area contributed by atoms with Gasteiger partial charge in [0.15, 0.2) is 0 Å². The number of amides is 2. The fraction of sp³-hybridized carbons (Fsp3) is 0.350. The molecule has 1 aromatic carbocycles. The highest BCUT2D eigenvalue weighted by atomic mass is 16.6. The van der Waals surface area contributed by atoms with Crippen LogP contribution in [-0.4, -0.2) is 49.5 Å². The zero-order valence-corrected chi connectivity index (χ0v) is 16.6. The first-order valence-corrected chi connectivity index (χ1v) is 9.14. The molecule has 1 aliphatic heterocycles. The lowest BCUT2D eigenvalue weighted by atomic mass is 10.1. The van der Waals surface area contributed by atoms with Crippen molar-refractivity contribution in [2.75, 3.05) is 25.1 Å². The van der Waals surface area contributed by atoms with E-state index in [4.69, 9.17) is 14.2 Å². The number of rotatable bonds is 9. The summed E-state index contributed by atoms with van der Waals surface area (Å²) >= 11 is 0. The monoisotopic (exact) mass is 418 g/mol. The first-order chi connectivity index (χ1) is 14.2. The number of fused-ring (bicyclic) bond motifs is 1. The molecule has 2 rings (SSSR count). The number of ether oxygens (including phenoxy) is 3. The van der Waals surface area contributed by atoms with E-state index in [9.17, 15) is 24.0 Å². The third kappa shape index (κ3) is 5.90. The van der Waals surface area contributed by atoms with Gasteiger partial charge in [-0.2, -0.15) is 0 Å². The van der Waals surface area contributed by atoms with Crippen LogP contribution in [0.4, 0.5) is 5.69 Å². The van der Waals surface area contributed by atoms with E-state index < -0.39 is 29.7 Å². The van der Waals surface area contributed by atoms with Gasteiger partial charge in [-0.1, -0.05) is 12.6 Å². The molecule has 2 N–H and O–H groups in total. The van der Waals surface area contributed by atoms with Crippen LogP contribution in [0, 0.1) is 5.92 Å². The minimum absolute atomic E-state index is 0.0446. The Balaban J connectivity index is 2.02. The number of hydrogen-bond donors (Lipinski definition) is 2. The Morgan fingerprint density at radius 1 is 1.20 bits per heavy atom. The molecule has 1 atom stereocenters. The molecular formula is C20H22N2O8. The molecule has 0 bridgehead atoms. The van der Waals surface area contributed by atoms with E-state index in [1.165, 1.54) is 26.0 Å². The Morgan fingerprint density at radius 2 is 1.93 bits per heavy atom. The SMILES string of the molecule is C=C(C)C(=O)OCCNC(=O)C(C(=O)OCC)C(=O)Oc1ccc2c(c1)NC(=O)C2. The first-order valence-electron chi connectivity index (χ1n) is 9.14. The van der Waals surface area contributed by atoms with Crippen LogP contribution in [0.25, 0.3) is 0 Å². The van der Waals surface area contributed by atoms with Crippen molar-refractivity contribution >= 4 is 35.4 Å². The average molecular weight is 418 g/mol. The summed E-state index contributed by atoms with van der Waals surface area (Å²) < 4.78 is 14.8. The highest BCUT2D eigenvalue weighted by molar-refractivity contribution is 6.14. The molecule has 1 aliphatic rings. The summed E-state index contributed by atoms with van der Waals surface area (Å²) in [7, 11) is 0. The molecule has 30 heavy (non-hydrogen) atoms. The lowest BCUT2D eigenvalue weighted by Gasteiger charge is -2.15. The fourth-order valence-corrected chi connectivity index (χ4v) is 2.51. The Hall–Kier alpha value is -3.69. The largest absolute Gasteiger partial charge is 0.465 e. The molecule has 160 valence electrons. The van der Waals surface area contributed by atoms with Crippen molar-refractivity contribution in [3.05, 3.63) is 35.9 Å². The van der Waals surface area contributed by atoms with Crippen molar-refractivity contribution in [1.29, 1.82) is 0 Å². The molecule has 1 aromatic rings. The molecule has 2 amide bonds. The van der Waals surface area contributed by atoms with Gasteiger partial charge in [-0.05, 0) is 25.5 Å². The van der Waals surface area contributed by atoms with Crippen LogP contribution in [0.1, 0.15) is 19.4 Å². The first kappa shape index (κ1) is 22.6. The summed E-state index contributed by atoms with van der Waals surface area (Å²) in [5.74, 6) is -5.82. The highest BCUT2D eigenvalue weighted by Gasteiger charge is 2.37. The Bertz CT molecular complexity index is 893. The number of hydrogen-bond acceptors (Lipinski definition) is 8. The van der Waals surface area contributed by atoms with E-state index in [2.05, 4.69) is 17.2 Å².